The Balaban J connectivity index is 1.64. The van der Waals surface area contributed by atoms with E-state index >= 15 is 0 Å². The number of rotatable bonds is 9. The topological polar surface area (TPSA) is 131 Å². The number of hydrogen-bond acceptors (Lipinski definition) is 8. The first-order valence-corrected chi connectivity index (χ1v) is 9.61. The fourth-order valence-electron chi connectivity index (χ4n) is 3.05. The molecule has 10 heteroatoms. The monoisotopic (exact) mass is 424 g/mol. The summed E-state index contributed by atoms with van der Waals surface area (Å²) in [5.41, 5.74) is 3.88. The highest BCUT2D eigenvalue weighted by atomic mass is 16.6. The zero-order chi connectivity index (χ0) is 22.4. The minimum Gasteiger partial charge on any atom is -0.461 e. The summed E-state index contributed by atoms with van der Waals surface area (Å²) < 4.78 is 5.01. The zero-order valence-electron chi connectivity index (χ0n) is 16.7. The van der Waals surface area contributed by atoms with Crippen molar-refractivity contribution in [2.24, 2.45) is 5.10 Å². The molecule has 0 radical (unpaired) electrons. The highest BCUT2D eigenvalue weighted by Crippen LogP contribution is 2.22. The Hall–Kier alpha value is -4.08. The van der Waals surface area contributed by atoms with E-state index in [4.69, 9.17) is 4.74 Å². The van der Waals surface area contributed by atoms with Gasteiger partial charge in [0.25, 0.3) is 17.5 Å². The van der Waals surface area contributed by atoms with Gasteiger partial charge in [-0.2, -0.15) is 5.10 Å². The normalized spacial score (nSPS) is 13.2. The number of hydrazone groups is 1. The van der Waals surface area contributed by atoms with Gasteiger partial charge in [-0.1, -0.05) is 12.1 Å². The van der Waals surface area contributed by atoms with E-state index < -0.39 is 10.9 Å². The molecule has 3 rings (SSSR count). The maximum absolute atomic E-state index is 12.4. The largest absolute Gasteiger partial charge is 0.461 e. The third-order valence-electron chi connectivity index (χ3n) is 4.58. The van der Waals surface area contributed by atoms with Gasteiger partial charge >= 0.3 is 5.97 Å². The number of amides is 2. The average molecular weight is 424 g/mol. The van der Waals surface area contributed by atoms with Gasteiger partial charge in [0.2, 0.25) is 0 Å². The first-order valence-electron chi connectivity index (χ1n) is 9.61. The Kier molecular flexibility index (Phi) is 6.71. The molecular weight excluding hydrogens is 404 g/mol. The van der Waals surface area contributed by atoms with Crippen LogP contribution in [-0.2, 0) is 9.53 Å². The van der Waals surface area contributed by atoms with Crippen LogP contribution in [0.3, 0.4) is 0 Å². The maximum Gasteiger partial charge on any atom is 0.354 e. The number of non-ortho nitro benzene ring substituents is 1. The van der Waals surface area contributed by atoms with Gasteiger partial charge < -0.3 is 4.74 Å². The molecule has 0 bridgehead atoms. The van der Waals surface area contributed by atoms with E-state index in [0.29, 0.717) is 23.2 Å². The first-order chi connectivity index (χ1) is 14.9. The fraction of sp³-hybridized carbons (Fsp3) is 0.238. The minimum atomic E-state index is -0.626. The predicted octanol–water partition coefficient (Wildman–Crippen LogP) is 3.00. The number of hydrogen-bond donors (Lipinski definition) is 1. The van der Waals surface area contributed by atoms with E-state index in [9.17, 15) is 24.5 Å². The van der Waals surface area contributed by atoms with Crippen molar-refractivity contribution >= 4 is 34.9 Å². The average Bonchev–Trinajstić information content (AvgIpc) is 3.01. The number of nitrogens with zero attached hydrogens (tertiary/aromatic N) is 3. The van der Waals surface area contributed by atoms with Crippen LogP contribution in [0.25, 0.3) is 0 Å². The molecule has 160 valence electrons. The van der Waals surface area contributed by atoms with E-state index in [2.05, 4.69) is 10.5 Å². The van der Waals surface area contributed by atoms with Crippen LogP contribution in [0.1, 0.15) is 40.5 Å². The number of esters is 1. The number of nitro benzene ring substituents is 1. The molecule has 2 aromatic carbocycles. The molecule has 31 heavy (non-hydrogen) atoms. The van der Waals surface area contributed by atoms with Gasteiger partial charge in [0.05, 0.1) is 28.3 Å². The van der Waals surface area contributed by atoms with Gasteiger partial charge in [-0.25, -0.2) is 4.79 Å². The number of imide groups is 1. The second kappa shape index (κ2) is 9.61. The summed E-state index contributed by atoms with van der Waals surface area (Å²) in [6, 6.07) is 12.1. The lowest BCUT2D eigenvalue weighted by atomic mass is 10.1. The first kappa shape index (κ1) is 21.6. The van der Waals surface area contributed by atoms with Crippen molar-refractivity contribution in [3.05, 3.63) is 69.8 Å². The molecular formula is C21H20N4O6. The molecule has 2 aromatic rings. The van der Waals surface area contributed by atoms with Crippen LogP contribution in [0.2, 0.25) is 0 Å². The quantitative estimate of drug-likeness (QED) is 0.215. The number of benzene rings is 2. The molecule has 1 aliphatic rings. The van der Waals surface area contributed by atoms with Crippen LogP contribution in [0, 0.1) is 10.1 Å². The summed E-state index contributed by atoms with van der Waals surface area (Å²) in [5, 5.41) is 14.8. The van der Waals surface area contributed by atoms with Crippen LogP contribution in [0.4, 0.5) is 11.4 Å². The van der Waals surface area contributed by atoms with Gasteiger partial charge in [0.1, 0.15) is 5.71 Å². The molecule has 0 fully saturated rings. The van der Waals surface area contributed by atoms with Crippen LogP contribution >= 0.6 is 0 Å². The van der Waals surface area contributed by atoms with Crippen molar-refractivity contribution < 1.29 is 24.0 Å². The molecule has 0 aliphatic carbocycles. The van der Waals surface area contributed by atoms with E-state index in [1.54, 1.807) is 31.2 Å². The van der Waals surface area contributed by atoms with E-state index in [0.717, 1.165) is 4.90 Å². The van der Waals surface area contributed by atoms with Crippen molar-refractivity contribution in [3.63, 3.8) is 0 Å². The SMILES string of the molecule is CCOC(=O)C(CCCN1C(=O)c2ccccc2C1=O)=NNc1ccc([N+](=O)[O-])cc1. The molecule has 0 saturated carbocycles. The van der Waals surface area contributed by atoms with E-state index in [-0.39, 0.29) is 42.8 Å². The standard InChI is InChI=1S/C21H20N4O6/c1-2-31-21(28)18(23-22-14-9-11-15(12-10-14)25(29)30)8-5-13-24-19(26)16-6-3-4-7-17(16)20(24)27/h3-4,6-7,9-12,22H,2,5,8,13H2,1H3. The third kappa shape index (κ3) is 4.92. The second-order valence-corrected chi connectivity index (χ2v) is 6.61. The lowest BCUT2D eigenvalue weighted by Gasteiger charge is -2.14. The van der Waals surface area contributed by atoms with Gasteiger partial charge in [-0.3, -0.25) is 30.0 Å². The molecule has 10 nitrogen and oxygen atoms in total. The summed E-state index contributed by atoms with van der Waals surface area (Å²) in [6.45, 7) is 1.95. The molecule has 2 amide bonds. The van der Waals surface area contributed by atoms with E-state index in [1.165, 1.54) is 24.3 Å². The minimum absolute atomic E-state index is 0.0684. The number of carbonyl (C=O) groups is 3. The molecule has 0 spiro atoms. The van der Waals surface area contributed by atoms with Crippen LogP contribution in [0.15, 0.2) is 53.6 Å². The predicted molar refractivity (Wildman–Crippen MR) is 112 cm³/mol. The highest BCUT2D eigenvalue weighted by molar-refractivity contribution is 6.36. The molecule has 0 atom stereocenters. The number of carbonyl (C=O) groups excluding carboxylic acids is 3. The van der Waals surface area contributed by atoms with Gasteiger partial charge in [0.15, 0.2) is 0 Å². The zero-order valence-corrected chi connectivity index (χ0v) is 16.7. The van der Waals surface area contributed by atoms with Crippen molar-refractivity contribution in [3.8, 4) is 0 Å². The van der Waals surface area contributed by atoms with Crippen molar-refractivity contribution in [2.45, 2.75) is 19.8 Å². The maximum atomic E-state index is 12.4. The molecule has 1 heterocycles. The summed E-state index contributed by atoms with van der Waals surface area (Å²) in [5.74, 6) is -1.35. The third-order valence-corrected chi connectivity index (χ3v) is 4.58. The van der Waals surface area contributed by atoms with Gasteiger partial charge in [-0.15, -0.1) is 0 Å². The lowest BCUT2D eigenvalue weighted by molar-refractivity contribution is -0.384. The van der Waals surface area contributed by atoms with E-state index in [1.807, 2.05) is 0 Å². The molecule has 0 unspecified atom stereocenters. The van der Waals surface area contributed by atoms with Crippen LogP contribution < -0.4 is 5.43 Å². The van der Waals surface area contributed by atoms with Crippen molar-refractivity contribution in [1.82, 2.24) is 4.90 Å². The Bertz CT molecular complexity index is 1010. The summed E-state index contributed by atoms with van der Waals surface area (Å²) >= 11 is 0. The fourth-order valence-corrected chi connectivity index (χ4v) is 3.05. The number of ether oxygens (including phenoxy) is 1. The highest BCUT2D eigenvalue weighted by Gasteiger charge is 2.34. The number of nitrogens with one attached hydrogen (secondary N) is 1. The van der Waals surface area contributed by atoms with Crippen molar-refractivity contribution in [2.75, 3.05) is 18.6 Å². The molecule has 1 aliphatic heterocycles. The van der Waals surface area contributed by atoms with Crippen LogP contribution in [-0.4, -0.2) is 46.5 Å². The molecule has 0 saturated heterocycles. The summed E-state index contributed by atoms with van der Waals surface area (Å²) in [6.07, 6.45) is 0.470. The summed E-state index contributed by atoms with van der Waals surface area (Å²) in [4.78, 5) is 48.4. The molecule has 1 N–H and O–H groups in total. The number of nitro groups is 1. The second-order valence-electron chi connectivity index (χ2n) is 6.61. The Morgan fingerprint density at radius 1 is 1.10 bits per heavy atom. The number of anilines is 1. The Morgan fingerprint density at radius 2 is 1.71 bits per heavy atom. The van der Waals surface area contributed by atoms with Crippen molar-refractivity contribution in [1.29, 1.82) is 0 Å². The molecule has 0 aromatic heterocycles. The Labute approximate surface area is 177 Å². The number of fused-ring (bicyclic) bond motifs is 1. The Morgan fingerprint density at radius 3 is 2.26 bits per heavy atom. The lowest BCUT2D eigenvalue weighted by Crippen LogP contribution is -2.31. The van der Waals surface area contributed by atoms with Gasteiger partial charge in [-0.05, 0) is 37.6 Å². The van der Waals surface area contributed by atoms with Gasteiger partial charge in [0, 0.05) is 25.1 Å². The van der Waals surface area contributed by atoms with Crippen LogP contribution in [0.5, 0.6) is 0 Å². The smallest absolute Gasteiger partial charge is 0.354 e. The summed E-state index contributed by atoms with van der Waals surface area (Å²) in [7, 11) is 0.